The molecule has 0 spiro atoms. The fourth-order valence-electron chi connectivity index (χ4n) is 5.60. The van der Waals surface area contributed by atoms with Crippen LogP contribution in [0, 0.1) is 5.92 Å². The van der Waals surface area contributed by atoms with Crippen molar-refractivity contribution in [3.8, 4) is 5.75 Å². The van der Waals surface area contributed by atoms with Gasteiger partial charge >= 0.3 is 11.9 Å². The number of benzene rings is 2. The number of hydrogen-bond acceptors (Lipinski definition) is 6. The summed E-state index contributed by atoms with van der Waals surface area (Å²) in [5.41, 5.74) is 2.17. The summed E-state index contributed by atoms with van der Waals surface area (Å²) in [7, 11) is 1.46. The largest absolute Gasteiger partial charge is 0.495 e. The number of likely N-dealkylation sites (tertiary alicyclic amines) is 1. The first-order valence-corrected chi connectivity index (χ1v) is 13.7. The minimum Gasteiger partial charge on any atom is -0.495 e. The molecule has 0 bridgehead atoms. The number of amides is 1. The van der Waals surface area contributed by atoms with Crippen LogP contribution in [0.1, 0.15) is 54.6 Å². The van der Waals surface area contributed by atoms with Crippen LogP contribution in [0.15, 0.2) is 48.5 Å². The Bertz CT molecular complexity index is 1360. The van der Waals surface area contributed by atoms with Crippen LogP contribution in [0.4, 0.5) is 10.1 Å². The van der Waals surface area contributed by atoms with Gasteiger partial charge in [-0.1, -0.05) is 24.3 Å². The maximum absolute atomic E-state index is 16.5. The quantitative estimate of drug-likeness (QED) is 0.306. The maximum Gasteiger partial charge on any atom is 0.330 e. The van der Waals surface area contributed by atoms with Gasteiger partial charge in [-0.25, -0.2) is 4.90 Å². The van der Waals surface area contributed by atoms with Gasteiger partial charge in [0.25, 0.3) is 5.91 Å². The van der Waals surface area contributed by atoms with Crippen LogP contribution in [0.2, 0.25) is 0 Å². The fourth-order valence-corrected chi connectivity index (χ4v) is 5.60. The van der Waals surface area contributed by atoms with E-state index in [1.165, 1.54) is 12.0 Å². The molecule has 2 aliphatic rings. The predicted octanol–water partition coefficient (Wildman–Crippen LogP) is 4.92. The zero-order valence-corrected chi connectivity index (χ0v) is 22.5. The summed E-state index contributed by atoms with van der Waals surface area (Å²) in [6.07, 6.45) is 2.36. The monoisotopic (exact) mass is 551 g/mol. The van der Waals surface area contributed by atoms with Crippen molar-refractivity contribution in [2.75, 3.05) is 25.5 Å². The van der Waals surface area contributed by atoms with E-state index >= 15 is 4.39 Å². The number of rotatable bonds is 10. The van der Waals surface area contributed by atoms with E-state index in [-0.39, 0.29) is 12.3 Å². The van der Waals surface area contributed by atoms with Crippen molar-refractivity contribution in [1.29, 1.82) is 0 Å². The Morgan fingerprint density at radius 1 is 1.07 bits per heavy atom. The van der Waals surface area contributed by atoms with Crippen LogP contribution in [0.25, 0.3) is 10.9 Å². The number of para-hydroxylation sites is 1. The van der Waals surface area contributed by atoms with Gasteiger partial charge in [-0.15, -0.1) is 0 Å². The van der Waals surface area contributed by atoms with E-state index in [9.17, 15) is 19.5 Å². The minimum atomic E-state index is -2.59. The summed E-state index contributed by atoms with van der Waals surface area (Å²) >= 11 is 0. The number of aliphatic carboxylic acids is 1. The van der Waals surface area contributed by atoms with Gasteiger partial charge < -0.3 is 24.9 Å². The number of carboxylic acids is 1. The molecule has 2 aromatic carbocycles. The van der Waals surface area contributed by atoms with Crippen LogP contribution in [-0.2, 0) is 20.7 Å². The molecule has 3 N–H and O–H groups in total. The number of hydrogen-bond donors (Lipinski definition) is 3. The number of ether oxygens (including phenoxy) is 2. The lowest BCUT2D eigenvalue weighted by Gasteiger charge is -2.37. The van der Waals surface area contributed by atoms with Crippen molar-refractivity contribution in [3.63, 3.8) is 0 Å². The number of alkyl halides is 1. The lowest BCUT2D eigenvalue weighted by atomic mass is 9.87. The normalized spacial score (nSPS) is 21.1. The Balaban J connectivity index is 1.29. The smallest absolute Gasteiger partial charge is 0.330 e. The molecule has 1 atom stereocenters. The molecule has 1 amide bonds. The highest BCUT2D eigenvalue weighted by Crippen LogP contribution is 2.35. The first kappa shape index (κ1) is 27.8. The topological polar surface area (TPSA) is 121 Å². The van der Waals surface area contributed by atoms with Crippen LogP contribution in [0.3, 0.4) is 0 Å². The standard InChI is InChI=1S/C30H34FN3O6/c1-39-26-16-19(8-13-24(26)33-28(36)25-18-21-6-2-3-7-23(21)32-25)17-27(35)30(31,34-14-4-5-15-34)40-22-11-9-20(10-12-22)29(37)38/h2-3,6-8,13,16,18,20,22,32H,4-5,9-12,14-15,17H2,1H3,(H,33,36)(H,37,38)/t20-,22-,30?. The number of carbonyl (C=O) groups is 3. The van der Waals surface area contributed by atoms with Crippen molar-refractivity contribution in [2.45, 2.75) is 57.0 Å². The molecule has 0 radical (unpaired) electrons. The Morgan fingerprint density at radius 2 is 1.80 bits per heavy atom. The molecular formula is C30H34FN3O6. The van der Waals surface area contributed by atoms with Gasteiger partial charge in [0.05, 0.1) is 24.8 Å². The Labute approximate surface area is 231 Å². The van der Waals surface area contributed by atoms with E-state index in [1.54, 1.807) is 24.3 Å². The van der Waals surface area contributed by atoms with Crippen molar-refractivity contribution in [1.82, 2.24) is 9.88 Å². The third kappa shape index (κ3) is 5.88. The molecule has 5 rings (SSSR count). The van der Waals surface area contributed by atoms with Gasteiger partial charge in [0.2, 0.25) is 5.78 Å². The zero-order chi connectivity index (χ0) is 28.3. The van der Waals surface area contributed by atoms with Gasteiger partial charge in [-0.05, 0) is 68.4 Å². The Hall–Kier alpha value is -3.76. The summed E-state index contributed by atoms with van der Waals surface area (Å²) in [6.45, 7) is 0.823. The SMILES string of the molecule is COc1cc(CC(=O)C(F)(O[C@H]2CC[C@H](C(=O)O)CC2)N2CCCC2)ccc1NC(=O)c1cc2ccccc2[nH]1. The number of halogens is 1. The van der Waals surface area contributed by atoms with Gasteiger partial charge in [0.1, 0.15) is 11.4 Å². The van der Waals surface area contributed by atoms with Crippen molar-refractivity contribution in [2.24, 2.45) is 5.92 Å². The molecule has 1 aliphatic carbocycles. The molecule has 10 heteroatoms. The summed E-state index contributed by atoms with van der Waals surface area (Å²) < 4.78 is 27.8. The van der Waals surface area contributed by atoms with E-state index in [1.807, 2.05) is 24.3 Å². The van der Waals surface area contributed by atoms with Crippen LogP contribution in [0.5, 0.6) is 5.75 Å². The summed E-state index contributed by atoms with van der Waals surface area (Å²) in [5.74, 6) is -4.62. The van der Waals surface area contributed by atoms with E-state index < -0.39 is 29.8 Å². The number of aromatic amines is 1. The predicted molar refractivity (Wildman–Crippen MR) is 147 cm³/mol. The van der Waals surface area contributed by atoms with Crippen LogP contribution in [-0.4, -0.2) is 64.9 Å². The molecule has 2 fully saturated rings. The maximum atomic E-state index is 16.5. The number of Topliss-reactive ketones (excluding diaryl/α,β-unsaturated/α-hetero) is 1. The third-order valence-electron chi connectivity index (χ3n) is 7.86. The van der Waals surface area contributed by atoms with Crippen molar-refractivity contribution >= 4 is 34.3 Å². The second-order valence-corrected chi connectivity index (χ2v) is 10.5. The molecule has 40 heavy (non-hydrogen) atoms. The van der Waals surface area contributed by atoms with E-state index in [0.717, 1.165) is 23.7 Å². The number of anilines is 1. The molecule has 212 valence electrons. The van der Waals surface area contributed by atoms with Gasteiger partial charge in [-0.3, -0.25) is 14.4 Å². The van der Waals surface area contributed by atoms with Gasteiger partial charge in [0, 0.05) is 30.4 Å². The summed E-state index contributed by atoms with van der Waals surface area (Å²) in [4.78, 5) is 42.2. The van der Waals surface area contributed by atoms with E-state index in [2.05, 4.69) is 10.3 Å². The molecule has 1 saturated heterocycles. The second kappa shape index (κ2) is 11.8. The number of nitrogens with one attached hydrogen (secondary N) is 2. The lowest BCUT2D eigenvalue weighted by Crippen LogP contribution is -2.54. The molecule has 1 saturated carbocycles. The molecule has 1 unspecified atom stereocenters. The van der Waals surface area contributed by atoms with E-state index in [4.69, 9.17) is 9.47 Å². The van der Waals surface area contributed by atoms with Crippen molar-refractivity contribution < 1.29 is 33.4 Å². The first-order chi connectivity index (χ1) is 19.3. The highest BCUT2D eigenvalue weighted by Gasteiger charge is 2.48. The third-order valence-corrected chi connectivity index (χ3v) is 7.86. The lowest BCUT2D eigenvalue weighted by molar-refractivity contribution is -0.252. The Morgan fingerprint density at radius 3 is 2.48 bits per heavy atom. The number of aromatic nitrogens is 1. The average Bonchev–Trinajstić information content (AvgIpc) is 3.65. The van der Waals surface area contributed by atoms with Gasteiger partial charge in [-0.2, -0.15) is 4.39 Å². The molecule has 1 aliphatic heterocycles. The number of carbonyl (C=O) groups excluding carboxylic acids is 2. The number of H-pyrrole nitrogens is 1. The highest BCUT2D eigenvalue weighted by molar-refractivity contribution is 6.06. The molecular weight excluding hydrogens is 517 g/mol. The Kier molecular flexibility index (Phi) is 8.18. The number of carboxylic acid groups (broad SMARTS) is 1. The van der Waals surface area contributed by atoms with Crippen molar-refractivity contribution in [3.05, 3.63) is 59.8 Å². The number of fused-ring (bicyclic) bond motifs is 1. The zero-order valence-electron chi connectivity index (χ0n) is 22.5. The first-order valence-electron chi connectivity index (χ1n) is 13.7. The number of ketones is 1. The molecule has 1 aromatic heterocycles. The van der Waals surface area contributed by atoms with Crippen LogP contribution >= 0.6 is 0 Å². The van der Waals surface area contributed by atoms with E-state index in [0.29, 0.717) is 61.5 Å². The highest BCUT2D eigenvalue weighted by atomic mass is 19.2. The average molecular weight is 552 g/mol. The minimum absolute atomic E-state index is 0.232. The number of nitrogens with zero attached hydrogens (tertiary/aromatic N) is 1. The molecule has 2 heterocycles. The number of methoxy groups -OCH3 is 1. The summed E-state index contributed by atoms with van der Waals surface area (Å²) in [6, 6.07) is 14.2. The fraction of sp³-hybridized carbons (Fsp3) is 0.433. The second-order valence-electron chi connectivity index (χ2n) is 10.5. The molecule has 9 nitrogen and oxygen atoms in total. The molecule has 3 aromatic rings. The van der Waals surface area contributed by atoms with Crippen LogP contribution < -0.4 is 10.1 Å². The summed E-state index contributed by atoms with van der Waals surface area (Å²) in [5, 5.41) is 13.0. The van der Waals surface area contributed by atoms with Gasteiger partial charge in [0.15, 0.2) is 0 Å².